The molecule has 0 saturated heterocycles. The predicted octanol–water partition coefficient (Wildman–Crippen LogP) is 3.99. The second-order valence-corrected chi connectivity index (χ2v) is 8.70. The maximum atomic E-state index is 12.4. The molecule has 0 aliphatic heterocycles. The van der Waals surface area contributed by atoms with E-state index in [2.05, 4.69) is 12.2 Å². The Kier molecular flexibility index (Phi) is 15.2. The number of allylic oxidation sites excluding steroid dienone is 2. The van der Waals surface area contributed by atoms with Gasteiger partial charge >= 0.3 is 11.9 Å². The van der Waals surface area contributed by atoms with Crippen molar-refractivity contribution in [3.05, 3.63) is 12.2 Å². The molecule has 1 unspecified atom stereocenters. The van der Waals surface area contributed by atoms with Crippen LogP contribution in [0.1, 0.15) is 78.1 Å². The summed E-state index contributed by atoms with van der Waals surface area (Å²) >= 11 is 0. The van der Waals surface area contributed by atoms with E-state index in [1.165, 1.54) is 38.5 Å². The Morgan fingerprint density at radius 3 is 2.10 bits per heavy atom. The smallest absolute Gasteiger partial charge is 0.369 e. The van der Waals surface area contributed by atoms with E-state index in [-0.39, 0.29) is 18.9 Å². The number of rotatable bonds is 16. The third kappa shape index (κ3) is 15.9. The number of nitrogens with one attached hydrogen (secondary N) is 1. The van der Waals surface area contributed by atoms with Gasteiger partial charge in [0.15, 0.2) is 6.54 Å². The van der Waals surface area contributed by atoms with Crippen molar-refractivity contribution in [2.75, 3.05) is 34.2 Å². The predicted molar refractivity (Wildman–Crippen MR) is 117 cm³/mol. The van der Waals surface area contributed by atoms with Gasteiger partial charge in [0.2, 0.25) is 5.91 Å². The standard InChI is InChI=1S/C23H42N2O4/c1-6-8-9-10-11-12-13-14-15-16-17-20(22(27)24-18-7-2)23(28)29-21(26)19-25(3,4)5/h15-16,20H,6-14,17-19H2,1-5H3/p+1/b16-15+. The molecule has 0 saturated carbocycles. The van der Waals surface area contributed by atoms with Crippen LogP contribution in [0.4, 0.5) is 0 Å². The molecule has 0 spiro atoms. The Bertz CT molecular complexity index is 509. The zero-order valence-electron chi connectivity index (χ0n) is 19.3. The van der Waals surface area contributed by atoms with Gasteiger partial charge in [-0.25, -0.2) is 4.79 Å². The molecular formula is C23H43N2O4+. The molecule has 0 aromatic heterocycles. The summed E-state index contributed by atoms with van der Waals surface area (Å²) in [5, 5.41) is 2.73. The molecular weight excluding hydrogens is 368 g/mol. The highest BCUT2D eigenvalue weighted by Gasteiger charge is 2.30. The molecule has 0 aliphatic rings. The van der Waals surface area contributed by atoms with Crippen molar-refractivity contribution in [2.24, 2.45) is 5.92 Å². The number of carbonyl (C=O) groups excluding carboxylic acids is 3. The second-order valence-electron chi connectivity index (χ2n) is 8.70. The van der Waals surface area contributed by atoms with Crippen molar-refractivity contribution < 1.29 is 23.6 Å². The van der Waals surface area contributed by atoms with Crippen LogP contribution in [-0.4, -0.2) is 56.6 Å². The molecule has 0 heterocycles. The molecule has 0 aromatic rings. The number of ether oxygens (including phenoxy) is 1. The molecule has 1 atom stereocenters. The molecule has 168 valence electrons. The van der Waals surface area contributed by atoms with Crippen LogP contribution in [0, 0.1) is 5.92 Å². The van der Waals surface area contributed by atoms with E-state index in [1.54, 1.807) is 0 Å². The fraction of sp³-hybridized carbons (Fsp3) is 0.783. The normalized spacial score (nSPS) is 12.7. The number of amides is 1. The summed E-state index contributed by atoms with van der Waals surface area (Å²) in [6, 6.07) is 0. The fourth-order valence-corrected chi connectivity index (χ4v) is 2.85. The first-order valence-electron chi connectivity index (χ1n) is 11.2. The Morgan fingerprint density at radius 2 is 1.52 bits per heavy atom. The minimum Gasteiger partial charge on any atom is -0.388 e. The molecule has 1 amide bonds. The zero-order valence-corrected chi connectivity index (χ0v) is 19.3. The van der Waals surface area contributed by atoms with Gasteiger partial charge in [-0.05, 0) is 25.7 Å². The first-order valence-corrected chi connectivity index (χ1v) is 11.2. The first kappa shape index (κ1) is 27.3. The first-order chi connectivity index (χ1) is 13.7. The Hall–Kier alpha value is -1.69. The Labute approximate surface area is 177 Å². The van der Waals surface area contributed by atoms with Crippen LogP contribution in [0.2, 0.25) is 0 Å². The highest BCUT2D eigenvalue weighted by Crippen LogP contribution is 2.12. The lowest BCUT2D eigenvalue weighted by Gasteiger charge is -2.22. The minimum absolute atomic E-state index is 0.0726. The van der Waals surface area contributed by atoms with Gasteiger partial charge in [0.25, 0.3) is 0 Å². The van der Waals surface area contributed by atoms with Crippen molar-refractivity contribution in [2.45, 2.75) is 78.1 Å². The molecule has 0 rings (SSSR count). The number of carbonyl (C=O) groups is 3. The van der Waals surface area contributed by atoms with Gasteiger partial charge in [-0.15, -0.1) is 0 Å². The van der Waals surface area contributed by atoms with Gasteiger partial charge in [0, 0.05) is 6.54 Å². The highest BCUT2D eigenvalue weighted by atomic mass is 16.6. The number of hydrogen-bond acceptors (Lipinski definition) is 4. The van der Waals surface area contributed by atoms with Gasteiger partial charge in [-0.2, -0.15) is 0 Å². The quantitative estimate of drug-likeness (QED) is 0.137. The van der Waals surface area contributed by atoms with E-state index >= 15 is 0 Å². The van der Waals surface area contributed by atoms with Crippen molar-refractivity contribution in [3.63, 3.8) is 0 Å². The average molecular weight is 412 g/mol. The molecule has 29 heavy (non-hydrogen) atoms. The van der Waals surface area contributed by atoms with E-state index in [0.29, 0.717) is 11.0 Å². The topological polar surface area (TPSA) is 72.5 Å². The largest absolute Gasteiger partial charge is 0.388 e. The lowest BCUT2D eigenvalue weighted by Crippen LogP contribution is -2.42. The van der Waals surface area contributed by atoms with Crippen molar-refractivity contribution in [1.29, 1.82) is 0 Å². The van der Waals surface area contributed by atoms with Gasteiger partial charge in [-0.3, -0.25) is 9.59 Å². The van der Waals surface area contributed by atoms with Crippen LogP contribution in [-0.2, 0) is 19.1 Å². The van der Waals surface area contributed by atoms with Crippen LogP contribution in [0.15, 0.2) is 12.2 Å². The molecule has 6 nitrogen and oxygen atoms in total. The summed E-state index contributed by atoms with van der Waals surface area (Å²) in [5.41, 5.74) is 0. The number of unbranched alkanes of at least 4 members (excludes halogenated alkanes) is 7. The van der Waals surface area contributed by atoms with Crippen molar-refractivity contribution >= 4 is 17.8 Å². The summed E-state index contributed by atoms with van der Waals surface area (Å²) < 4.78 is 5.30. The monoisotopic (exact) mass is 411 g/mol. The van der Waals surface area contributed by atoms with Gasteiger partial charge in [-0.1, -0.05) is 64.5 Å². The number of esters is 2. The minimum atomic E-state index is -0.983. The third-order valence-electron chi connectivity index (χ3n) is 4.48. The van der Waals surface area contributed by atoms with Gasteiger partial charge in [0.1, 0.15) is 5.92 Å². The molecule has 6 heteroatoms. The van der Waals surface area contributed by atoms with E-state index in [1.807, 2.05) is 40.2 Å². The van der Waals surface area contributed by atoms with Crippen LogP contribution in [0.5, 0.6) is 0 Å². The summed E-state index contributed by atoms with van der Waals surface area (Å²) in [6.07, 6.45) is 14.6. The zero-order chi connectivity index (χ0) is 22.1. The van der Waals surface area contributed by atoms with E-state index < -0.39 is 17.9 Å². The summed E-state index contributed by atoms with van der Waals surface area (Å²) in [4.78, 5) is 36.7. The van der Waals surface area contributed by atoms with Crippen molar-refractivity contribution in [1.82, 2.24) is 5.32 Å². The molecule has 1 N–H and O–H groups in total. The summed E-state index contributed by atoms with van der Waals surface area (Å²) in [7, 11) is 5.51. The molecule has 0 fully saturated rings. The van der Waals surface area contributed by atoms with E-state index in [9.17, 15) is 14.4 Å². The van der Waals surface area contributed by atoms with Gasteiger partial charge in [0.05, 0.1) is 21.1 Å². The third-order valence-corrected chi connectivity index (χ3v) is 4.48. The lowest BCUT2D eigenvalue weighted by molar-refractivity contribution is -0.862. The van der Waals surface area contributed by atoms with Crippen LogP contribution in [0.25, 0.3) is 0 Å². The molecule has 0 radical (unpaired) electrons. The maximum absolute atomic E-state index is 12.4. The number of nitrogens with zero attached hydrogens (tertiary/aromatic N) is 1. The second kappa shape index (κ2) is 16.1. The van der Waals surface area contributed by atoms with Crippen LogP contribution < -0.4 is 5.32 Å². The Balaban J connectivity index is 4.48. The summed E-state index contributed by atoms with van der Waals surface area (Å²) in [6.45, 7) is 4.73. The molecule has 0 bridgehead atoms. The maximum Gasteiger partial charge on any atom is 0.369 e. The summed E-state index contributed by atoms with van der Waals surface area (Å²) in [5.74, 6) is -2.74. The number of quaternary nitrogens is 1. The molecule has 0 aliphatic carbocycles. The number of likely N-dealkylation sites (N-methyl/N-ethyl adjacent to an activating group) is 1. The highest BCUT2D eigenvalue weighted by molar-refractivity contribution is 6.01. The number of hydrogen-bond donors (Lipinski definition) is 1. The van der Waals surface area contributed by atoms with Crippen molar-refractivity contribution in [3.8, 4) is 0 Å². The SMILES string of the molecule is CCCCCCCCC/C=C/CC(C(=O)NCCC)C(=O)OC(=O)C[N+](C)(C)C. The molecule has 0 aromatic carbocycles. The van der Waals surface area contributed by atoms with E-state index in [4.69, 9.17) is 4.74 Å². The lowest BCUT2D eigenvalue weighted by atomic mass is 10.0. The fourth-order valence-electron chi connectivity index (χ4n) is 2.85. The average Bonchev–Trinajstić information content (AvgIpc) is 2.62. The van der Waals surface area contributed by atoms with E-state index in [0.717, 1.165) is 19.3 Å². The van der Waals surface area contributed by atoms with Crippen LogP contribution in [0.3, 0.4) is 0 Å². The Morgan fingerprint density at radius 1 is 0.897 bits per heavy atom. The van der Waals surface area contributed by atoms with Crippen LogP contribution >= 0.6 is 0 Å². The van der Waals surface area contributed by atoms with Gasteiger partial charge < -0.3 is 14.5 Å².